The zero-order valence-electron chi connectivity index (χ0n) is 19.6. The molecule has 0 bridgehead atoms. The maximum atomic E-state index is 13.3. The van der Waals surface area contributed by atoms with Gasteiger partial charge in [-0.15, -0.1) is 0 Å². The van der Waals surface area contributed by atoms with E-state index in [4.69, 9.17) is 16.3 Å². The van der Waals surface area contributed by atoms with Gasteiger partial charge in [-0.3, -0.25) is 9.59 Å². The van der Waals surface area contributed by atoms with Crippen molar-refractivity contribution in [1.82, 2.24) is 9.62 Å². The average Bonchev–Trinajstić information content (AvgIpc) is 2.85. The molecule has 1 heterocycles. The molecule has 194 valence electrons. The van der Waals surface area contributed by atoms with Crippen LogP contribution in [0.15, 0.2) is 88.7 Å². The molecule has 1 aliphatic heterocycles. The first-order valence-corrected chi connectivity index (χ1v) is 14.8. The van der Waals surface area contributed by atoms with E-state index in [0.717, 1.165) is 36.1 Å². The van der Waals surface area contributed by atoms with Gasteiger partial charge in [-0.05, 0) is 47.5 Å². The standard InChI is InChI=1S/C25H23ClN2O7S2/c1-36(31,32)20-10-12-21(13-11-20)37(33,34)27-25(30)24-23(18-7-3-2-4-8-18)28(22(29)16-35-24)15-17-6-5-9-19(26)14-17/h2-14,23-24H,15-16H2,1H3,(H,27,30)/t23-,24-/m1/s1. The first-order valence-electron chi connectivity index (χ1n) is 11.0. The SMILES string of the molecule is CS(=O)(=O)c1ccc(S(=O)(=O)NC(=O)[C@@H]2OCC(=O)N(Cc3cccc(Cl)c3)[C@@H]2c2ccccc2)cc1. The minimum Gasteiger partial charge on any atom is -0.356 e. The molecule has 0 spiro atoms. The molecule has 3 aromatic carbocycles. The Morgan fingerprint density at radius 1 is 0.973 bits per heavy atom. The van der Waals surface area contributed by atoms with E-state index in [0.29, 0.717) is 10.6 Å². The lowest BCUT2D eigenvalue weighted by Gasteiger charge is -2.40. The summed E-state index contributed by atoms with van der Waals surface area (Å²) in [5, 5.41) is 0.483. The van der Waals surface area contributed by atoms with Crippen molar-refractivity contribution in [1.29, 1.82) is 0 Å². The molecule has 1 N–H and O–H groups in total. The lowest BCUT2D eigenvalue weighted by Crippen LogP contribution is -2.54. The van der Waals surface area contributed by atoms with Gasteiger partial charge in [-0.25, -0.2) is 21.6 Å². The minimum atomic E-state index is -4.37. The maximum absolute atomic E-state index is 13.3. The van der Waals surface area contributed by atoms with E-state index in [1.807, 2.05) is 4.72 Å². The molecule has 1 fully saturated rings. The topological polar surface area (TPSA) is 127 Å². The van der Waals surface area contributed by atoms with Gasteiger partial charge in [-0.1, -0.05) is 54.1 Å². The summed E-state index contributed by atoms with van der Waals surface area (Å²) in [6.07, 6.45) is -0.344. The van der Waals surface area contributed by atoms with Gasteiger partial charge in [-0.2, -0.15) is 0 Å². The molecule has 12 heteroatoms. The molecule has 0 aromatic heterocycles. The number of halogens is 1. The molecule has 2 atom stereocenters. The molecule has 3 aromatic rings. The second-order valence-electron chi connectivity index (χ2n) is 8.45. The molecule has 37 heavy (non-hydrogen) atoms. The highest BCUT2D eigenvalue weighted by Crippen LogP contribution is 2.32. The van der Waals surface area contributed by atoms with E-state index >= 15 is 0 Å². The Balaban J connectivity index is 1.64. The predicted molar refractivity (Wildman–Crippen MR) is 136 cm³/mol. The van der Waals surface area contributed by atoms with Crippen molar-refractivity contribution in [3.8, 4) is 0 Å². The smallest absolute Gasteiger partial charge is 0.265 e. The highest BCUT2D eigenvalue weighted by atomic mass is 35.5. The number of nitrogens with zero attached hydrogens (tertiary/aromatic N) is 1. The third-order valence-electron chi connectivity index (χ3n) is 5.77. The van der Waals surface area contributed by atoms with Crippen LogP contribution in [0, 0.1) is 0 Å². The van der Waals surface area contributed by atoms with E-state index in [9.17, 15) is 26.4 Å². The molecule has 0 radical (unpaired) electrons. The van der Waals surface area contributed by atoms with Gasteiger partial charge in [0.1, 0.15) is 6.61 Å². The Morgan fingerprint density at radius 3 is 2.24 bits per heavy atom. The minimum absolute atomic E-state index is 0.0623. The highest BCUT2D eigenvalue weighted by molar-refractivity contribution is 7.91. The Labute approximate surface area is 220 Å². The van der Waals surface area contributed by atoms with Crippen molar-refractivity contribution in [3.05, 3.63) is 95.0 Å². The molecular formula is C25H23ClN2O7S2. The Hall–Kier alpha value is -3.25. The zero-order chi connectivity index (χ0) is 26.8. The summed E-state index contributed by atoms with van der Waals surface area (Å²) >= 11 is 6.10. The summed E-state index contributed by atoms with van der Waals surface area (Å²) < 4.78 is 56.8. The van der Waals surface area contributed by atoms with E-state index in [2.05, 4.69) is 0 Å². The lowest BCUT2D eigenvalue weighted by atomic mass is 9.96. The number of sulfone groups is 1. The van der Waals surface area contributed by atoms with Crippen molar-refractivity contribution in [3.63, 3.8) is 0 Å². The van der Waals surface area contributed by atoms with Gasteiger partial charge in [0.2, 0.25) is 5.91 Å². The second-order valence-corrected chi connectivity index (χ2v) is 12.6. The monoisotopic (exact) mass is 562 g/mol. The van der Waals surface area contributed by atoms with E-state index in [1.54, 1.807) is 54.6 Å². The van der Waals surface area contributed by atoms with Crippen LogP contribution in [0.3, 0.4) is 0 Å². The van der Waals surface area contributed by atoms with Crippen LogP contribution in [0.1, 0.15) is 17.2 Å². The molecule has 2 amide bonds. The number of carbonyl (C=O) groups is 2. The molecule has 4 rings (SSSR count). The van der Waals surface area contributed by atoms with Gasteiger partial charge in [0.25, 0.3) is 15.9 Å². The molecule has 0 unspecified atom stereocenters. The van der Waals surface area contributed by atoms with Crippen LogP contribution in [-0.4, -0.2) is 52.5 Å². The number of rotatable bonds is 7. The fourth-order valence-corrected chi connectivity index (χ4v) is 5.85. The third kappa shape index (κ3) is 6.19. The van der Waals surface area contributed by atoms with Gasteiger partial charge in [0.05, 0.1) is 15.8 Å². The highest BCUT2D eigenvalue weighted by Gasteiger charge is 2.43. The molecule has 1 saturated heterocycles. The third-order valence-corrected chi connectivity index (χ3v) is 8.49. The van der Waals surface area contributed by atoms with E-state index < -0.39 is 44.5 Å². The number of hydrogen-bond donors (Lipinski definition) is 1. The number of carbonyl (C=O) groups excluding carboxylic acids is 2. The van der Waals surface area contributed by atoms with Crippen molar-refractivity contribution in [2.45, 2.75) is 28.5 Å². The number of morpholine rings is 1. The van der Waals surface area contributed by atoms with Crippen LogP contribution in [0.5, 0.6) is 0 Å². The number of nitrogens with one attached hydrogen (secondary N) is 1. The van der Waals surface area contributed by atoms with Crippen LogP contribution < -0.4 is 4.72 Å². The van der Waals surface area contributed by atoms with E-state index in [1.165, 1.54) is 4.90 Å². The van der Waals surface area contributed by atoms with Crippen LogP contribution >= 0.6 is 11.6 Å². The normalized spacial score (nSPS) is 18.4. The van der Waals surface area contributed by atoms with Gasteiger partial charge in [0, 0.05) is 17.8 Å². The van der Waals surface area contributed by atoms with Gasteiger partial charge < -0.3 is 9.64 Å². The molecule has 0 aliphatic carbocycles. The summed E-state index contributed by atoms with van der Waals surface area (Å²) in [7, 11) is -7.90. The predicted octanol–water partition coefficient (Wildman–Crippen LogP) is 2.72. The summed E-state index contributed by atoms with van der Waals surface area (Å²) in [5.74, 6) is -1.35. The van der Waals surface area contributed by atoms with Crippen LogP contribution in [0.4, 0.5) is 0 Å². The quantitative estimate of drug-likeness (QED) is 0.469. The maximum Gasteiger partial charge on any atom is 0.265 e. The summed E-state index contributed by atoms with van der Waals surface area (Å²) in [4.78, 5) is 27.3. The number of ether oxygens (including phenoxy) is 1. The number of benzene rings is 3. The molecule has 0 saturated carbocycles. The summed E-state index contributed by atoms with van der Waals surface area (Å²) in [6.45, 7) is -0.309. The molecular weight excluding hydrogens is 540 g/mol. The summed E-state index contributed by atoms with van der Waals surface area (Å²) in [5.41, 5.74) is 1.30. The van der Waals surface area contributed by atoms with Crippen LogP contribution in [-0.2, 0) is 40.7 Å². The van der Waals surface area contributed by atoms with Gasteiger partial charge >= 0.3 is 0 Å². The number of amides is 2. The van der Waals surface area contributed by atoms with Crippen molar-refractivity contribution >= 4 is 43.3 Å². The summed E-state index contributed by atoms with van der Waals surface area (Å²) in [6, 6.07) is 19.2. The zero-order valence-corrected chi connectivity index (χ0v) is 22.0. The second kappa shape index (κ2) is 10.6. The van der Waals surface area contributed by atoms with Crippen LogP contribution in [0.2, 0.25) is 5.02 Å². The number of sulfonamides is 1. The average molecular weight is 563 g/mol. The Bertz CT molecular complexity index is 1530. The van der Waals surface area contributed by atoms with E-state index in [-0.39, 0.29) is 22.2 Å². The fourth-order valence-electron chi connectivity index (χ4n) is 4.01. The molecule has 9 nitrogen and oxygen atoms in total. The number of hydrogen-bond acceptors (Lipinski definition) is 7. The Kier molecular flexibility index (Phi) is 7.69. The Morgan fingerprint density at radius 2 is 1.62 bits per heavy atom. The van der Waals surface area contributed by atoms with Gasteiger partial charge in [0.15, 0.2) is 15.9 Å². The van der Waals surface area contributed by atoms with Crippen molar-refractivity contribution in [2.75, 3.05) is 12.9 Å². The fraction of sp³-hybridized carbons (Fsp3) is 0.200. The van der Waals surface area contributed by atoms with Crippen molar-refractivity contribution in [2.24, 2.45) is 0 Å². The first kappa shape index (κ1) is 26.8. The van der Waals surface area contributed by atoms with Crippen molar-refractivity contribution < 1.29 is 31.2 Å². The largest absolute Gasteiger partial charge is 0.356 e. The molecule has 1 aliphatic rings. The first-order chi connectivity index (χ1) is 17.5. The lowest BCUT2D eigenvalue weighted by molar-refractivity contribution is -0.164. The van der Waals surface area contributed by atoms with Crippen LogP contribution in [0.25, 0.3) is 0 Å².